The molecule has 2 rings (SSSR count). The average Bonchev–Trinajstić information content (AvgIpc) is 2.93. The molecule has 0 fully saturated rings. The van der Waals surface area contributed by atoms with Crippen molar-refractivity contribution in [3.8, 4) is 0 Å². The van der Waals surface area contributed by atoms with Crippen LogP contribution >= 0.6 is 11.8 Å². The molecule has 20 heavy (non-hydrogen) atoms. The van der Waals surface area contributed by atoms with Gasteiger partial charge in [0.2, 0.25) is 11.1 Å². The second kappa shape index (κ2) is 7.09. The molecule has 1 aromatic heterocycles. The highest BCUT2D eigenvalue weighted by molar-refractivity contribution is 7.99. The Balaban J connectivity index is 1.88. The zero-order valence-electron chi connectivity index (χ0n) is 11.7. The molecule has 0 saturated heterocycles. The van der Waals surface area contributed by atoms with Gasteiger partial charge in [-0.05, 0) is 18.6 Å². The van der Waals surface area contributed by atoms with E-state index >= 15 is 0 Å². The molecule has 0 atom stereocenters. The number of nitrogens with zero attached hydrogens (tertiary/aromatic N) is 3. The van der Waals surface area contributed by atoms with Gasteiger partial charge >= 0.3 is 0 Å². The van der Waals surface area contributed by atoms with E-state index in [2.05, 4.69) is 22.1 Å². The van der Waals surface area contributed by atoms with E-state index in [-0.39, 0.29) is 5.91 Å². The van der Waals surface area contributed by atoms with Gasteiger partial charge in [-0.15, -0.1) is 5.10 Å². The Kier molecular flexibility index (Phi) is 5.17. The number of benzene rings is 1. The fourth-order valence-corrected chi connectivity index (χ4v) is 2.44. The lowest BCUT2D eigenvalue weighted by Gasteiger charge is -2.16. The summed E-state index contributed by atoms with van der Waals surface area (Å²) in [5, 5.41) is 7.61. The Morgan fingerprint density at radius 2 is 2.10 bits per heavy atom. The first-order valence-corrected chi connectivity index (χ1v) is 7.55. The molecular formula is C14H18N4OS. The van der Waals surface area contributed by atoms with Crippen molar-refractivity contribution in [1.29, 1.82) is 0 Å². The second-order valence-electron chi connectivity index (χ2n) is 4.39. The highest BCUT2D eigenvalue weighted by atomic mass is 32.2. The van der Waals surface area contributed by atoms with Gasteiger partial charge in [-0.3, -0.25) is 9.89 Å². The van der Waals surface area contributed by atoms with Crippen LogP contribution in [0.15, 0.2) is 35.5 Å². The summed E-state index contributed by atoms with van der Waals surface area (Å²) in [5.41, 5.74) is 0.889. The Labute approximate surface area is 122 Å². The molecule has 2 aromatic rings. The summed E-state index contributed by atoms with van der Waals surface area (Å²) in [4.78, 5) is 18.1. The van der Waals surface area contributed by atoms with E-state index in [1.807, 2.05) is 30.3 Å². The van der Waals surface area contributed by atoms with E-state index in [0.29, 0.717) is 10.9 Å². The van der Waals surface area contributed by atoms with E-state index in [1.165, 1.54) is 11.8 Å². The third kappa shape index (κ3) is 3.84. The Morgan fingerprint density at radius 1 is 1.35 bits per heavy atom. The zero-order chi connectivity index (χ0) is 14.4. The van der Waals surface area contributed by atoms with Crippen LogP contribution in [-0.4, -0.2) is 33.9 Å². The van der Waals surface area contributed by atoms with Crippen molar-refractivity contribution in [3.05, 3.63) is 36.2 Å². The van der Waals surface area contributed by atoms with Crippen LogP contribution in [0.3, 0.4) is 0 Å². The van der Waals surface area contributed by atoms with Crippen LogP contribution in [0.1, 0.15) is 19.2 Å². The number of aromatic amines is 1. The molecule has 0 radical (unpaired) electrons. The smallest absolute Gasteiger partial charge is 0.237 e. The fourth-order valence-electron chi connectivity index (χ4n) is 1.71. The maximum Gasteiger partial charge on any atom is 0.237 e. The van der Waals surface area contributed by atoms with E-state index in [0.717, 1.165) is 24.4 Å². The third-order valence-electron chi connectivity index (χ3n) is 2.84. The molecule has 5 nitrogen and oxygen atoms in total. The molecule has 1 aromatic carbocycles. The Hall–Kier alpha value is -1.82. The summed E-state index contributed by atoms with van der Waals surface area (Å²) in [6.45, 7) is 2.09. The number of amides is 1. The lowest BCUT2D eigenvalue weighted by molar-refractivity contribution is -0.115. The zero-order valence-corrected chi connectivity index (χ0v) is 12.5. The summed E-state index contributed by atoms with van der Waals surface area (Å²) in [6, 6.07) is 9.58. The predicted octanol–water partition coefficient (Wildman–Crippen LogP) is 2.51. The van der Waals surface area contributed by atoms with Gasteiger partial charge in [0.05, 0.1) is 5.75 Å². The first kappa shape index (κ1) is 14.6. The molecule has 1 N–H and O–H groups in total. The van der Waals surface area contributed by atoms with Crippen LogP contribution in [0, 0.1) is 0 Å². The number of rotatable bonds is 6. The van der Waals surface area contributed by atoms with Crippen LogP contribution in [-0.2, 0) is 11.2 Å². The van der Waals surface area contributed by atoms with Crippen LogP contribution in [0.5, 0.6) is 0 Å². The lowest BCUT2D eigenvalue weighted by Crippen LogP contribution is -2.27. The minimum atomic E-state index is 0.0306. The van der Waals surface area contributed by atoms with Crippen LogP contribution in [0.2, 0.25) is 0 Å². The normalized spacial score (nSPS) is 10.5. The quantitative estimate of drug-likeness (QED) is 0.830. The van der Waals surface area contributed by atoms with Crippen molar-refractivity contribution in [2.45, 2.75) is 24.9 Å². The van der Waals surface area contributed by atoms with Gasteiger partial charge < -0.3 is 4.90 Å². The first-order chi connectivity index (χ1) is 9.70. The molecule has 1 heterocycles. The number of carbonyl (C=O) groups is 1. The molecule has 0 unspecified atom stereocenters. The Bertz CT molecular complexity index is 555. The van der Waals surface area contributed by atoms with Crippen LogP contribution in [0.25, 0.3) is 0 Å². The van der Waals surface area contributed by atoms with Crippen molar-refractivity contribution < 1.29 is 4.79 Å². The minimum absolute atomic E-state index is 0.0306. The highest BCUT2D eigenvalue weighted by Gasteiger charge is 2.12. The summed E-state index contributed by atoms with van der Waals surface area (Å²) in [7, 11) is 1.78. The van der Waals surface area contributed by atoms with Gasteiger partial charge in [0, 0.05) is 19.2 Å². The molecule has 0 aliphatic heterocycles. The largest absolute Gasteiger partial charge is 0.315 e. The summed E-state index contributed by atoms with van der Waals surface area (Å²) in [5.74, 6) is 1.23. The van der Waals surface area contributed by atoms with Crippen molar-refractivity contribution in [2.75, 3.05) is 17.7 Å². The Morgan fingerprint density at radius 3 is 2.80 bits per heavy atom. The molecule has 0 aliphatic carbocycles. The minimum Gasteiger partial charge on any atom is -0.315 e. The van der Waals surface area contributed by atoms with E-state index in [4.69, 9.17) is 0 Å². The van der Waals surface area contributed by atoms with Gasteiger partial charge in [-0.2, -0.15) is 0 Å². The first-order valence-electron chi connectivity index (χ1n) is 6.56. The predicted molar refractivity (Wildman–Crippen MR) is 81.0 cm³/mol. The number of aryl methyl sites for hydroxylation is 1. The SMILES string of the molecule is CCCc1nc(SCC(=O)N(C)c2ccccc2)n[nH]1. The molecule has 0 aliphatic rings. The lowest BCUT2D eigenvalue weighted by atomic mass is 10.3. The standard InChI is InChI=1S/C14H18N4OS/c1-3-7-12-15-14(17-16-12)20-10-13(19)18(2)11-8-5-4-6-9-11/h4-6,8-9H,3,7,10H2,1-2H3,(H,15,16,17). The number of hydrogen-bond donors (Lipinski definition) is 1. The van der Waals surface area contributed by atoms with Crippen molar-refractivity contribution >= 4 is 23.4 Å². The van der Waals surface area contributed by atoms with Crippen LogP contribution < -0.4 is 4.90 Å². The molecule has 0 spiro atoms. The number of para-hydroxylation sites is 1. The number of anilines is 1. The monoisotopic (exact) mass is 290 g/mol. The summed E-state index contributed by atoms with van der Waals surface area (Å²) in [6.07, 6.45) is 1.90. The molecule has 0 bridgehead atoms. The van der Waals surface area contributed by atoms with Gasteiger partial charge in [-0.1, -0.05) is 36.9 Å². The molecule has 106 valence electrons. The van der Waals surface area contributed by atoms with Crippen molar-refractivity contribution in [2.24, 2.45) is 0 Å². The van der Waals surface area contributed by atoms with Crippen molar-refractivity contribution in [3.63, 3.8) is 0 Å². The van der Waals surface area contributed by atoms with Gasteiger partial charge in [0.15, 0.2) is 0 Å². The third-order valence-corrected chi connectivity index (χ3v) is 3.67. The molecule has 1 amide bonds. The van der Waals surface area contributed by atoms with Crippen LogP contribution in [0.4, 0.5) is 5.69 Å². The number of nitrogens with one attached hydrogen (secondary N) is 1. The van der Waals surface area contributed by atoms with E-state index in [9.17, 15) is 4.79 Å². The number of aromatic nitrogens is 3. The number of thioether (sulfide) groups is 1. The van der Waals surface area contributed by atoms with Gasteiger partial charge in [0.1, 0.15) is 5.82 Å². The maximum absolute atomic E-state index is 12.1. The van der Waals surface area contributed by atoms with Gasteiger partial charge in [-0.25, -0.2) is 4.98 Å². The topological polar surface area (TPSA) is 61.9 Å². The number of hydrogen-bond acceptors (Lipinski definition) is 4. The fraction of sp³-hybridized carbons (Fsp3) is 0.357. The summed E-state index contributed by atoms with van der Waals surface area (Å²) >= 11 is 1.35. The van der Waals surface area contributed by atoms with Crippen molar-refractivity contribution in [1.82, 2.24) is 15.2 Å². The summed E-state index contributed by atoms with van der Waals surface area (Å²) < 4.78 is 0. The highest BCUT2D eigenvalue weighted by Crippen LogP contribution is 2.16. The van der Waals surface area contributed by atoms with E-state index < -0.39 is 0 Å². The number of H-pyrrole nitrogens is 1. The van der Waals surface area contributed by atoms with Gasteiger partial charge in [0.25, 0.3) is 0 Å². The molecular weight excluding hydrogens is 272 g/mol. The van der Waals surface area contributed by atoms with E-state index in [1.54, 1.807) is 11.9 Å². The molecule has 6 heteroatoms. The number of carbonyl (C=O) groups excluding carboxylic acids is 1. The average molecular weight is 290 g/mol. The molecule has 0 saturated carbocycles. The second-order valence-corrected chi connectivity index (χ2v) is 5.33. The maximum atomic E-state index is 12.1.